The molecule has 0 spiro atoms. The molecule has 0 unspecified atom stereocenters. The molecular formula is C23H21N3O5S. The highest BCUT2D eigenvalue weighted by atomic mass is 32.2. The molecule has 0 aliphatic carbocycles. The van der Waals surface area contributed by atoms with E-state index in [0.717, 1.165) is 12.0 Å². The van der Waals surface area contributed by atoms with E-state index in [1.165, 1.54) is 16.4 Å². The number of non-ortho nitro benzene ring substituents is 1. The maximum Gasteiger partial charge on any atom is 0.269 e. The molecule has 0 bridgehead atoms. The number of hydrogen-bond donors (Lipinski definition) is 1. The van der Waals surface area contributed by atoms with Crippen LogP contribution in [-0.2, 0) is 27.7 Å². The maximum atomic E-state index is 13.2. The molecule has 3 aromatic rings. The van der Waals surface area contributed by atoms with E-state index in [2.05, 4.69) is 5.32 Å². The molecule has 0 atom stereocenters. The Kier molecular flexibility index (Phi) is 5.91. The monoisotopic (exact) mass is 451 g/mol. The number of nitro groups is 1. The zero-order valence-electron chi connectivity index (χ0n) is 17.1. The van der Waals surface area contributed by atoms with Crippen molar-refractivity contribution in [3.63, 3.8) is 0 Å². The van der Waals surface area contributed by atoms with Gasteiger partial charge in [0.15, 0.2) is 0 Å². The highest BCUT2D eigenvalue weighted by Gasteiger charge is 2.29. The fourth-order valence-electron chi connectivity index (χ4n) is 3.71. The smallest absolute Gasteiger partial charge is 0.269 e. The van der Waals surface area contributed by atoms with Gasteiger partial charge in [0.2, 0.25) is 5.91 Å². The number of sulfonamides is 1. The lowest BCUT2D eigenvalue weighted by atomic mass is 10.0. The Balaban J connectivity index is 1.54. The van der Waals surface area contributed by atoms with Gasteiger partial charge in [-0.15, -0.1) is 0 Å². The van der Waals surface area contributed by atoms with Crippen LogP contribution in [0.4, 0.5) is 17.1 Å². The molecule has 0 fully saturated rings. The van der Waals surface area contributed by atoms with Crippen molar-refractivity contribution < 1.29 is 18.1 Å². The van der Waals surface area contributed by atoms with E-state index in [4.69, 9.17) is 0 Å². The molecule has 3 aromatic carbocycles. The summed E-state index contributed by atoms with van der Waals surface area (Å²) in [5.41, 5.74) is 2.56. The fourth-order valence-corrected chi connectivity index (χ4v) is 5.27. The van der Waals surface area contributed by atoms with Gasteiger partial charge in [-0.2, -0.15) is 0 Å². The summed E-state index contributed by atoms with van der Waals surface area (Å²) in [5, 5.41) is 13.6. The Hall–Kier alpha value is -3.72. The summed E-state index contributed by atoms with van der Waals surface area (Å²) in [4.78, 5) is 23.0. The van der Waals surface area contributed by atoms with E-state index in [-0.39, 0.29) is 22.9 Å². The summed E-state index contributed by atoms with van der Waals surface area (Å²) in [6.45, 7) is 0.365. The third-order valence-corrected chi connectivity index (χ3v) is 7.12. The number of aryl methyl sites for hydroxylation is 1. The van der Waals surface area contributed by atoms with E-state index in [0.29, 0.717) is 29.9 Å². The lowest BCUT2D eigenvalue weighted by molar-refractivity contribution is -0.384. The molecule has 4 rings (SSSR count). The average Bonchev–Trinajstić information content (AvgIpc) is 2.79. The number of anilines is 2. The Morgan fingerprint density at radius 3 is 2.44 bits per heavy atom. The van der Waals surface area contributed by atoms with Crippen molar-refractivity contribution in [1.82, 2.24) is 0 Å². The van der Waals surface area contributed by atoms with Gasteiger partial charge in [0.25, 0.3) is 15.7 Å². The lowest BCUT2D eigenvalue weighted by Crippen LogP contribution is -2.35. The van der Waals surface area contributed by atoms with E-state index >= 15 is 0 Å². The van der Waals surface area contributed by atoms with Crippen molar-refractivity contribution in [2.45, 2.75) is 24.2 Å². The highest BCUT2D eigenvalue weighted by molar-refractivity contribution is 7.92. The lowest BCUT2D eigenvalue weighted by Gasteiger charge is -2.31. The summed E-state index contributed by atoms with van der Waals surface area (Å²) in [7, 11) is -3.71. The molecule has 1 heterocycles. The number of hydrogen-bond acceptors (Lipinski definition) is 5. The van der Waals surface area contributed by atoms with Gasteiger partial charge < -0.3 is 5.32 Å². The summed E-state index contributed by atoms with van der Waals surface area (Å²) in [5.74, 6) is -0.299. The van der Waals surface area contributed by atoms with Gasteiger partial charge in [0, 0.05) is 24.4 Å². The van der Waals surface area contributed by atoms with Crippen LogP contribution in [0.15, 0.2) is 77.7 Å². The number of nitro benzene ring substituents is 1. The van der Waals surface area contributed by atoms with E-state index in [1.807, 2.05) is 6.07 Å². The van der Waals surface area contributed by atoms with Gasteiger partial charge in [0.1, 0.15) is 0 Å². The van der Waals surface area contributed by atoms with Gasteiger partial charge in [0.05, 0.1) is 21.9 Å². The van der Waals surface area contributed by atoms with Gasteiger partial charge in [-0.3, -0.25) is 19.2 Å². The molecule has 1 aliphatic heterocycles. The predicted octanol–water partition coefficient (Wildman–Crippen LogP) is 3.92. The van der Waals surface area contributed by atoms with E-state index in [9.17, 15) is 23.3 Å². The molecule has 164 valence electrons. The average molecular weight is 452 g/mol. The molecule has 0 aromatic heterocycles. The SMILES string of the molecule is O=C(Cc1ccc([N+](=O)[O-])cc1)Nc1ccc2c(c1)N(S(=O)(=O)c1ccccc1)CCC2. The first-order chi connectivity index (χ1) is 15.3. The largest absolute Gasteiger partial charge is 0.326 e. The Labute approximate surface area is 185 Å². The number of nitrogens with zero attached hydrogens (tertiary/aromatic N) is 2. The fraction of sp³-hybridized carbons (Fsp3) is 0.174. The topological polar surface area (TPSA) is 110 Å². The van der Waals surface area contributed by atoms with Crippen LogP contribution in [0.3, 0.4) is 0 Å². The van der Waals surface area contributed by atoms with Crippen LogP contribution >= 0.6 is 0 Å². The van der Waals surface area contributed by atoms with E-state index in [1.54, 1.807) is 54.6 Å². The summed E-state index contributed by atoms with van der Waals surface area (Å²) >= 11 is 0. The first-order valence-electron chi connectivity index (χ1n) is 10.1. The molecular weight excluding hydrogens is 430 g/mol. The zero-order valence-corrected chi connectivity index (χ0v) is 17.9. The van der Waals surface area contributed by atoms with Crippen LogP contribution in [0.5, 0.6) is 0 Å². The van der Waals surface area contributed by atoms with Crippen LogP contribution in [-0.4, -0.2) is 25.8 Å². The second kappa shape index (κ2) is 8.80. The second-order valence-electron chi connectivity index (χ2n) is 7.49. The van der Waals surface area contributed by atoms with Crippen molar-refractivity contribution in [2.24, 2.45) is 0 Å². The van der Waals surface area contributed by atoms with Gasteiger partial charge in [-0.25, -0.2) is 8.42 Å². The maximum absolute atomic E-state index is 13.2. The van der Waals surface area contributed by atoms with Crippen LogP contribution < -0.4 is 9.62 Å². The third kappa shape index (κ3) is 4.47. The van der Waals surface area contributed by atoms with Gasteiger partial charge >= 0.3 is 0 Å². The minimum Gasteiger partial charge on any atom is -0.326 e. The molecule has 0 radical (unpaired) electrons. The summed E-state index contributed by atoms with van der Waals surface area (Å²) in [6.07, 6.45) is 1.51. The standard InChI is InChI=1S/C23H21N3O5S/c27-23(15-17-8-12-20(13-9-17)26(28)29)24-19-11-10-18-5-4-14-25(22(18)16-19)32(30,31)21-6-2-1-3-7-21/h1-3,6-13,16H,4-5,14-15H2,(H,24,27). The molecule has 0 saturated carbocycles. The quantitative estimate of drug-likeness (QED) is 0.451. The molecule has 1 aliphatic rings. The molecule has 0 saturated heterocycles. The molecule has 8 nitrogen and oxygen atoms in total. The minimum absolute atomic E-state index is 0.0384. The first kappa shape index (κ1) is 21.5. The first-order valence-corrected chi connectivity index (χ1v) is 11.5. The van der Waals surface area contributed by atoms with Crippen molar-refractivity contribution >= 4 is 33.0 Å². The van der Waals surface area contributed by atoms with Gasteiger partial charge in [-0.1, -0.05) is 36.4 Å². The normalized spacial score (nSPS) is 13.3. The number of carbonyl (C=O) groups is 1. The van der Waals surface area contributed by atoms with Crippen LogP contribution in [0.1, 0.15) is 17.5 Å². The van der Waals surface area contributed by atoms with Crippen molar-refractivity contribution in [3.8, 4) is 0 Å². The zero-order chi connectivity index (χ0) is 22.7. The Morgan fingerprint density at radius 1 is 1.03 bits per heavy atom. The van der Waals surface area contributed by atoms with Gasteiger partial charge in [-0.05, 0) is 48.2 Å². The van der Waals surface area contributed by atoms with Crippen molar-refractivity contribution in [1.29, 1.82) is 0 Å². The number of rotatable bonds is 6. The third-order valence-electron chi connectivity index (χ3n) is 5.29. The number of fused-ring (bicyclic) bond motifs is 1. The van der Waals surface area contributed by atoms with Crippen molar-refractivity contribution in [2.75, 3.05) is 16.2 Å². The predicted molar refractivity (Wildman–Crippen MR) is 121 cm³/mol. The van der Waals surface area contributed by atoms with Crippen LogP contribution in [0, 0.1) is 10.1 Å². The summed E-state index contributed by atoms with van der Waals surface area (Å²) in [6, 6.07) is 19.3. The Morgan fingerprint density at radius 2 is 1.75 bits per heavy atom. The highest BCUT2D eigenvalue weighted by Crippen LogP contribution is 2.34. The number of carbonyl (C=O) groups excluding carboxylic acids is 1. The van der Waals surface area contributed by atoms with Crippen molar-refractivity contribution in [3.05, 3.63) is 94.0 Å². The number of benzene rings is 3. The molecule has 1 amide bonds. The number of amides is 1. The summed E-state index contributed by atoms with van der Waals surface area (Å²) < 4.78 is 27.8. The molecule has 9 heteroatoms. The second-order valence-corrected chi connectivity index (χ2v) is 9.35. The number of nitrogens with one attached hydrogen (secondary N) is 1. The molecule has 32 heavy (non-hydrogen) atoms. The van der Waals surface area contributed by atoms with Crippen LogP contribution in [0.2, 0.25) is 0 Å². The van der Waals surface area contributed by atoms with Crippen LogP contribution in [0.25, 0.3) is 0 Å². The minimum atomic E-state index is -3.71. The molecule has 1 N–H and O–H groups in total. The Bertz CT molecular complexity index is 1260. The van der Waals surface area contributed by atoms with E-state index < -0.39 is 14.9 Å².